The summed E-state index contributed by atoms with van der Waals surface area (Å²) in [7, 11) is 0. The highest BCUT2D eigenvalue weighted by Gasteiger charge is 2.84. The zero-order valence-corrected chi connectivity index (χ0v) is 19.6. The van der Waals surface area contributed by atoms with Gasteiger partial charge in [-0.1, -0.05) is 78.9 Å². The van der Waals surface area contributed by atoms with Gasteiger partial charge in [0, 0.05) is 11.8 Å². The lowest BCUT2D eigenvalue weighted by Gasteiger charge is -2.55. The van der Waals surface area contributed by atoms with Crippen LogP contribution in [0.3, 0.4) is 0 Å². The standard InChI is InChI=1S/C29H23N3O4/c1-2-36-25(33)24-28-22-18-12-6-8-14-20(18)23(21-15-9-7-13-19(21)22)29(28,31-30-24)27(35)32(26(28)34)16-17-10-4-3-5-11-17/h3-15,22-23,31H,2,16H2,1H3. The highest BCUT2D eigenvalue weighted by Crippen LogP contribution is 2.70. The van der Waals surface area contributed by atoms with E-state index in [1.54, 1.807) is 6.92 Å². The number of nitrogens with zero attached hydrogens (tertiary/aromatic N) is 2. The van der Waals surface area contributed by atoms with Gasteiger partial charge in [0.2, 0.25) is 5.91 Å². The Balaban J connectivity index is 1.54. The molecule has 1 fully saturated rings. The highest BCUT2D eigenvalue weighted by molar-refractivity contribution is 6.47. The van der Waals surface area contributed by atoms with Crippen LogP contribution in [-0.4, -0.2) is 40.5 Å². The van der Waals surface area contributed by atoms with E-state index in [1.807, 2.05) is 78.9 Å². The van der Waals surface area contributed by atoms with Crippen LogP contribution in [0.1, 0.15) is 46.6 Å². The molecule has 2 unspecified atom stereocenters. The van der Waals surface area contributed by atoms with Crippen molar-refractivity contribution in [3.05, 3.63) is 107 Å². The molecule has 36 heavy (non-hydrogen) atoms. The minimum Gasteiger partial charge on any atom is -0.461 e. The maximum Gasteiger partial charge on any atom is 0.355 e. The van der Waals surface area contributed by atoms with Gasteiger partial charge in [0.1, 0.15) is 5.41 Å². The Morgan fingerprint density at radius 3 is 2.00 bits per heavy atom. The molecule has 8 rings (SSSR count). The molecule has 3 aliphatic carbocycles. The minimum absolute atomic E-state index is 0.0164. The number of esters is 1. The number of benzene rings is 3. The third-order valence-corrected chi connectivity index (χ3v) is 8.26. The Morgan fingerprint density at radius 1 is 0.861 bits per heavy atom. The second-order valence-corrected chi connectivity index (χ2v) is 9.71. The Bertz CT molecular complexity index is 1450. The largest absolute Gasteiger partial charge is 0.461 e. The van der Waals surface area contributed by atoms with E-state index in [2.05, 4.69) is 10.5 Å². The van der Waals surface area contributed by atoms with Gasteiger partial charge < -0.3 is 4.74 Å². The summed E-state index contributed by atoms with van der Waals surface area (Å²) in [4.78, 5) is 43.9. The van der Waals surface area contributed by atoms with E-state index in [4.69, 9.17) is 4.74 Å². The van der Waals surface area contributed by atoms with Crippen molar-refractivity contribution in [2.45, 2.75) is 30.8 Å². The number of ether oxygens (including phenoxy) is 1. The molecular formula is C29H23N3O4. The van der Waals surface area contributed by atoms with Crippen molar-refractivity contribution in [3.8, 4) is 0 Å². The molecule has 0 radical (unpaired) electrons. The van der Waals surface area contributed by atoms with Crippen molar-refractivity contribution >= 4 is 23.5 Å². The lowest BCUT2D eigenvalue weighted by molar-refractivity contribution is -0.143. The number of amides is 2. The van der Waals surface area contributed by atoms with Crippen LogP contribution < -0.4 is 5.43 Å². The molecule has 1 saturated heterocycles. The predicted molar refractivity (Wildman–Crippen MR) is 131 cm³/mol. The smallest absolute Gasteiger partial charge is 0.355 e. The Hall–Kier alpha value is -4.26. The van der Waals surface area contributed by atoms with Crippen molar-refractivity contribution in [1.29, 1.82) is 0 Å². The first-order valence-electron chi connectivity index (χ1n) is 12.2. The molecule has 7 nitrogen and oxygen atoms in total. The molecule has 0 saturated carbocycles. The minimum atomic E-state index is -1.54. The summed E-state index contributed by atoms with van der Waals surface area (Å²) in [5.74, 6) is -2.50. The second kappa shape index (κ2) is 7.13. The molecule has 1 N–H and O–H groups in total. The number of carbonyl (C=O) groups excluding carboxylic acids is 3. The molecule has 3 aromatic rings. The Kier molecular flexibility index (Phi) is 4.17. The summed E-state index contributed by atoms with van der Waals surface area (Å²) < 4.78 is 5.40. The fraction of sp³-hybridized carbons (Fsp3) is 0.241. The van der Waals surface area contributed by atoms with Crippen LogP contribution in [0.4, 0.5) is 0 Å². The summed E-state index contributed by atoms with van der Waals surface area (Å²) in [6.45, 7) is 1.97. The third-order valence-electron chi connectivity index (χ3n) is 8.26. The van der Waals surface area contributed by atoms with E-state index < -0.39 is 34.7 Å². The number of nitrogens with one attached hydrogen (secondary N) is 1. The number of likely N-dealkylation sites (tertiary alicyclic amines) is 1. The van der Waals surface area contributed by atoms with E-state index in [1.165, 1.54) is 4.90 Å². The zero-order chi connectivity index (χ0) is 24.7. The lowest BCUT2D eigenvalue weighted by atomic mass is 9.43. The van der Waals surface area contributed by atoms with Crippen LogP contribution >= 0.6 is 0 Å². The number of hydrogen-bond donors (Lipinski definition) is 1. The van der Waals surface area contributed by atoms with Crippen LogP contribution in [0.2, 0.25) is 0 Å². The number of hydrogen-bond acceptors (Lipinski definition) is 6. The van der Waals surface area contributed by atoms with E-state index in [0.29, 0.717) is 0 Å². The van der Waals surface area contributed by atoms with Crippen LogP contribution in [0.25, 0.3) is 0 Å². The maximum atomic E-state index is 14.7. The van der Waals surface area contributed by atoms with Gasteiger partial charge in [-0.15, -0.1) is 0 Å². The van der Waals surface area contributed by atoms with E-state index in [9.17, 15) is 14.4 Å². The normalized spacial score (nSPS) is 28.6. The van der Waals surface area contributed by atoms with Crippen LogP contribution in [0, 0.1) is 5.41 Å². The van der Waals surface area contributed by atoms with Gasteiger partial charge in [-0.2, -0.15) is 5.10 Å². The molecule has 2 atom stereocenters. The molecule has 2 aliphatic heterocycles. The van der Waals surface area contributed by atoms with Gasteiger partial charge in [0.25, 0.3) is 5.91 Å². The van der Waals surface area contributed by atoms with Crippen molar-refractivity contribution in [3.63, 3.8) is 0 Å². The first kappa shape index (κ1) is 21.1. The molecule has 0 aromatic heterocycles. The molecule has 7 heteroatoms. The predicted octanol–water partition coefficient (Wildman–Crippen LogP) is 3.09. The zero-order valence-electron chi connectivity index (χ0n) is 19.6. The first-order valence-corrected chi connectivity index (χ1v) is 12.2. The van der Waals surface area contributed by atoms with Crippen LogP contribution in [0.5, 0.6) is 0 Å². The molecule has 3 aromatic carbocycles. The number of hydrazone groups is 1. The molecule has 2 heterocycles. The van der Waals surface area contributed by atoms with Crippen LogP contribution in [-0.2, 0) is 25.7 Å². The average molecular weight is 478 g/mol. The fourth-order valence-electron chi connectivity index (χ4n) is 7.07. The van der Waals surface area contributed by atoms with Gasteiger partial charge in [-0.25, -0.2) is 4.79 Å². The molecule has 2 amide bonds. The monoisotopic (exact) mass is 477 g/mol. The Labute approximate surface area is 207 Å². The molecule has 5 aliphatic rings. The summed E-state index contributed by atoms with van der Waals surface area (Å²) >= 11 is 0. The first-order chi connectivity index (χ1) is 17.6. The van der Waals surface area contributed by atoms with Gasteiger partial charge in [-0.3, -0.25) is 19.9 Å². The summed E-state index contributed by atoms with van der Waals surface area (Å²) in [6, 6.07) is 25.2. The molecular weight excluding hydrogens is 454 g/mol. The van der Waals surface area contributed by atoms with E-state index in [0.717, 1.165) is 27.8 Å². The van der Waals surface area contributed by atoms with Gasteiger partial charge in [-0.05, 0) is 34.7 Å². The summed E-state index contributed by atoms with van der Waals surface area (Å²) in [5, 5.41) is 4.44. The summed E-state index contributed by atoms with van der Waals surface area (Å²) in [6.07, 6.45) is 0. The number of rotatable bonds is 4. The van der Waals surface area contributed by atoms with Crippen molar-refractivity contribution in [2.75, 3.05) is 6.61 Å². The van der Waals surface area contributed by atoms with Crippen molar-refractivity contribution < 1.29 is 19.1 Å². The van der Waals surface area contributed by atoms with Gasteiger partial charge in [0.05, 0.1) is 13.2 Å². The topological polar surface area (TPSA) is 88.1 Å². The van der Waals surface area contributed by atoms with Gasteiger partial charge in [0.15, 0.2) is 11.3 Å². The third kappa shape index (κ3) is 2.20. The number of imide groups is 1. The average Bonchev–Trinajstić information content (AvgIpc) is 3.37. The highest BCUT2D eigenvalue weighted by atomic mass is 16.5. The van der Waals surface area contributed by atoms with Crippen LogP contribution in [0.15, 0.2) is 84.0 Å². The quantitative estimate of drug-likeness (QED) is 0.461. The molecule has 178 valence electrons. The molecule has 0 spiro atoms. The van der Waals surface area contributed by atoms with Crippen molar-refractivity contribution in [1.82, 2.24) is 10.3 Å². The summed E-state index contributed by atoms with van der Waals surface area (Å²) in [5.41, 5.74) is 4.77. The molecule has 2 bridgehead atoms. The fourth-order valence-corrected chi connectivity index (χ4v) is 7.07. The van der Waals surface area contributed by atoms with E-state index in [-0.39, 0.29) is 24.8 Å². The SMILES string of the molecule is CCOC(=O)C1=NNC23C(=O)N(Cc4ccccc4)C(=O)C12C1c2ccccc2C3c2ccccc21. The Morgan fingerprint density at radius 2 is 1.42 bits per heavy atom. The van der Waals surface area contributed by atoms with Crippen molar-refractivity contribution in [2.24, 2.45) is 10.5 Å². The number of carbonyl (C=O) groups is 3. The second-order valence-electron chi connectivity index (χ2n) is 9.71. The van der Waals surface area contributed by atoms with Gasteiger partial charge >= 0.3 is 5.97 Å². The maximum absolute atomic E-state index is 14.7. The van der Waals surface area contributed by atoms with E-state index >= 15 is 0 Å². The lowest BCUT2D eigenvalue weighted by Crippen LogP contribution is -2.69.